The Morgan fingerprint density at radius 2 is 1.79 bits per heavy atom. The molecule has 0 aliphatic carbocycles. The highest BCUT2D eigenvalue weighted by Crippen LogP contribution is 2.33. The van der Waals surface area contributed by atoms with Crippen molar-refractivity contribution in [1.82, 2.24) is 23.7 Å². The summed E-state index contributed by atoms with van der Waals surface area (Å²) in [6.07, 6.45) is 4.36. The van der Waals surface area contributed by atoms with Crippen molar-refractivity contribution in [2.75, 3.05) is 57.0 Å². The standard InChI is InChI=1S/C28H37BrN6O2S/c1-31-10-12-33(13-11-31)14-15-38(36,37)35-19-24-17-25(29)8-9-28(24)34(21-27-18-30-22-32(27)2)20-26(35)16-23-6-4-3-5-7-23/h3-9,17-18,22,26H,10-16,19-21H2,1-2H3/t26-/m1/s1. The number of aromatic nitrogens is 2. The van der Waals surface area contributed by atoms with Gasteiger partial charge < -0.3 is 14.4 Å². The Kier molecular flexibility index (Phi) is 8.54. The topological polar surface area (TPSA) is 64.9 Å². The van der Waals surface area contributed by atoms with Gasteiger partial charge in [-0.1, -0.05) is 46.3 Å². The van der Waals surface area contributed by atoms with Gasteiger partial charge in [0.2, 0.25) is 10.0 Å². The van der Waals surface area contributed by atoms with Gasteiger partial charge in [0, 0.05) is 75.3 Å². The second kappa shape index (κ2) is 11.9. The van der Waals surface area contributed by atoms with Crippen LogP contribution in [-0.2, 0) is 36.6 Å². The molecule has 0 bridgehead atoms. The van der Waals surface area contributed by atoms with E-state index in [0.717, 1.165) is 53.2 Å². The van der Waals surface area contributed by atoms with Crippen molar-refractivity contribution in [2.45, 2.75) is 25.6 Å². The van der Waals surface area contributed by atoms with E-state index in [-0.39, 0.29) is 11.8 Å². The molecule has 8 nitrogen and oxygen atoms in total. The van der Waals surface area contributed by atoms with Gasteiger partial charge in [0.05, 0.1) is 24.3 Å². The molecule has 204 valence electrons. The van der Waals surface area contributed by atoms with E-state index in [2.05, 4.69) is 66.9 Å². The Morgan fingerprint density at radius 1 is 1.03 bits per heavy atom. The molecule has 1 saturated heterocycles. The van der Waals surface area contributed by atoms with Crippen molar-refractivity contribution in [3.05, 3.63) is 82.3 Å². The lowest BCUT2D eigenvalue weighted by atomic mass is 10.1. The molecule has 2 aromatic carbocycles. The SMILES string of the molecule is CN1CCN(CCS(=O)(=O)N2Cc3cc(Br)ccc3N(Cc3cncn3C)C[C@H]2Cc2ccccc2)CC1. The van der Waals surface area contributed by atoms with Gasteiger partial charge in [-0.05, 0) is 42.8 Å². The second-order valence-corrected chi connectivity index (χ2v) is 13.5. The number of rotatable bonds is 8. The normalized spacial score (nSPS) is 19.9. The molecule has 0 N–H and O–H groups in total. The first-order valence-corrected chi connectivity index (χ1v) is 15.6. The van der Waals surface area contributed by atoms with Crippen LogP contribution in [0.5, 0.6) is 0 Å². The van der Waals surface area contributed by atoms with E-state index in [4.69, 9.17) is 0 Å². The first-order valence-electron chi connectivity index (χ1n) is 13.2. The molecule has 1 aromatic heterocycles. The number of hydrogen-bond acceptors (Lipinski definition) is 6. The van der Waals surface area contributed by atoms with Crippen molar-refractivity contribution >= 4 is 31.6 Å². The van der Waals surface area contributed by atoms with Gasteiger partial charge in [-0.3, -0.25) is 4.90 Å². The summed E-state index contributed by atoms with van der Waals surface area (Å²) < 4.78 is 32.9. The third-order valence-electron chi connectivity index (χ3n) is 7.75. The summed E-state index contributed by atoms with van der Waals surface area (Å²) in [6, 6.07) is 16.3. The van der Waals surface area contributed by atoms with Crippen LogP contribution in [0.15, 0.2) is 65.5 Å². The maximum Gasteiger partial charge on any atom is 0.215 e. The number of likely N-dealkylation sites (N-methyl/N-ethyl adjacent to an activating group) is 1. The Bertz CT molecular complexity index is 1320. The van der Waals surface area contributed by atoms with Crippen LogP contribution in [0.2, 0.25) is 0 Å². The molecular weight excluding hydrogens is 564 g/mol. The number of piperazine rings is 1. The minimum absolute atomic E-state index is 0.132. The van der Waals surface area contributed by atoms with Crippen molar-refractivity contribution in [3.63, 3.8) is 0 Å². The van der Waals surface area contributed by atoms with E-state index in [9.17, 15) is 8.42 Å². The van der Waals surface area contributed by atoms with E-state index in [1.807, 2.05) is 48.4 Å². The number of halogens is 1. The van der Waals surface area contributed by atoms with Crippen molar-refractivity contribution < 1.29 is 8.42 Å². The van der Waals surface area contributed by atoms with E-state index in [0.29, 0.717) is 32.6 Å². The fraction of sp³-hybridized carbons (Fsp3) is 0.464. The highest BCUT2D eigenvalue weighted by Gasteiger charge is 2.36. The zero-order valence-corrected chi connectivity index (χ0v) is 24.6. The lowest BCUT2D eigenvalue weighted by Gasteiger charge is -2.34. The first kappa shape index (κ1) is 27.3. The molecule has 3 heterocycles. The third kappa shape index (κ3) is 6.48. The zero-order valence-electron chi connectivity index (χ0n) is 22.2. The van der Waals surface area contributed by atoms with Crippen LogP contribution in [0.3, 0.4) is 0 Å². The molecule has 0 radical (unpaired) electrons. The predicted octanol–water partition coefficient (Wildman–Crippen LogP) is 3.19. The van der Waals surface area contributed by atoms with Gasteiger partial charge in [-0.25, -0.2) is 13.4 Å². The molecule has 0 spiro atoms. The van der Waals surface area contributed by atoms with Gasteiger partial charge in [-0.15, -0.1) is 0 Å². The van der Waals surface area contributed by atoms with Crippen molar-refractivity contribution in [2.24, 2.45) is 7.05 Å². The zero-order chi connectivity index (χ0) is 26.7. The molecule has 1 atom stereocenters. The Balaban J connectivity index is 1.47. The minimum atomic E-state index is -3.52. The number of benzene rings is 2. The van der Waals surface area contributed by atoms with Gasteiger partial charge in [0.1, 0.15) is 0 Å². The lowest BCUT2D eigenvalue weighted by molar-refractivity contribution is 0.160. The molecule has 0 unspecified atom stereocenters. The molecule has 3 aromatic rings. The smallest absolute Gasteiger partial charge is 0.215 e. The third-order valence-corrected chi connectivity index (χ3v) is 10.1. The summed E-state index contributed by atoms with van der Waals surface area (Å²) in [5.74, 6) is 0.132. The highest BCUT2D eigenvalue weighted by atomic mass is 79.9. The van der Waals surface area contributed by atoms with Gasteiger partial charge in [0.15, 0.2) is 0 Å². The fourth-order valence-electron chi connectivity index (χ4n) is 5.42. The number of aryl methyl sites for hydroxylation is 1. The summed E-state index contributed by atoms with van der Waals surface area (Å²) in [7, 11) is 0.597. The number of fused-ring (bicyclic) bond motifs is 1. The molecule has 5 rings (SSSR count). The average Bonchev–Trinajstić information content (AvgIpc) is 3.23. The van der Waals surface area contributed by atoms with Gasteiger partial charge >= 0.3 is 0 Å². The first-order chi connectivity index (χ1) is 18.3. The molecule has 1 fully saturated rings. The van der Waals surface area contributed by atoms with E-state index in [1.54, 1.807) is 4.31 Å². The number of sulfonamides is 1. The van der Waals surface area contributed by atoms with Crippen molar-refractivity contribution in [1.29, 1.82) is 0 Å². The van der Waals surface area contributed by atoms with Crippen LogP contribution in [0, 0.1) is 0 Å². The lowest BCUT2D eigenvalue weighted by Crippen LogP contribution is -2.49. The average molecular weight is 602 g/mol. The highest BCUT2D eigenvalue weighted by molar-refractivity contribution is 9.10. The molecule has 0 saturated carbocycles. The summed E-state index contributed by atoms with van der Waals surface area (Å²) in [5.41, 5.74) is 4.32. The molecule has 2 aliphatic rings. The van der Waals surface area contributed by atoms with Crippen molar-refractivity contribution in [3.8, 4) is 0 Å². The van der Waals surface area contributed by atoms with E-state index < -0.39 is 10.0 Å². The molecule has 38 heavy (non-hydrogen) atoms. The number of anilines is 1. The largest absolute Gasteiger partial charge is 0.364 e. The number of imidazole rings is 1. The van der Waals surface area contributed by atoms with Crippen LogP contribution < -0.4 is 4.90 Å². The van der Waals surface area contributed by atoms with E-state index >= 15 is 0 Å². The Labute approximate surface area is 235 Å². The summed E-state index contributed by atoms with van der Waals surface area (Å²) in [6.45, 7) is 5.96. The Morgan fingerprint density at radius 3 is 2.50 bits per heavy atom. The predicted molar refractivity (Wildman–Crippen MR) is 156 cm³/mol. The Hall–Kier alpha value is -2.24. The maximum absolute atomic E-state index is 14.1. The molecule has 2 aliphatic heterocycles. The minimum Gasteiger partial charge on any atom is -0.364 e. The second-order valence-electron chi connectivity index (χ2n) is 10.5. The van der Waals surface area contributed by atoms with Gasteiger partial charge in [-0.2, -0.15) is 4.31 Å². The van der Waals surface area contributed by atoms with Gasteiger partial charge in [0.25, 0.3) is 0 Å². The summed E-state index contributed by atoms with van der Waals surface area (Å²) in [5, 5.41) is 0. The van der Waals surface area contributed by atoms with E-state index in [1.165, 1.54) is 0 Å². The fourth-order valence-corrected chi connectivity index (χ4v) is 7.49. The maximum atomic E-state index is 14.1. The number of nitrogens with zero attached hydrogens (tertiary/aromatic N) is 6. The molecular formula is C28H37BrN6O2S. The molecule has 0 amide bonds. The monoisotopic (exact) mass is 600 g/mol. The van der Waals surface area contributed by atoms with Crippen LogP contribution in [-0.4, -0.2) is 90.2 Å². The van der Waals surface area contributed by atoms with Crippen LogP contribution in [0.25, 0.3) is 0 Å². The van der Waals surface area contributed by atoms with Crippen LogP contribution >= 0.6 is 15.9 Å². The number of hydrogen-bond donors (Lipinski definition) is 0. The quantitative estimate of drug-likeness (QED) is 0.396. The van der Waals surface area contributed by atoms with Crippen LogP contribution in [0.1, 0.15) is 16.8 Å². The van der Waals surface area contributed by atoms with Crippen LogP contribution in [0.4, 0.5) is 5.69 Å². The summed E-state index contributed by atoms with van der Waals surface area (Å²) in [4.78, 5) is 11.2. The summed E-state index contributed by atoms with van der Waals surface area (Å²) >= 11 is 3.62. The molecule has 10 heteroatoms.